The van der Waals surface area contributed by atoms with Gasteiger partial charge in [0.05, 0.1) is 0 Å². The van der Waals surface area contributed by atoms with Gasteiger partial charge in [0, 0.05) is 85.3 Å². The first-order chi connectivity index (χ1) is 18.7. The fraction of sp³-hybridized carbons (Fsp3) is 1.00. The Kier molecular flexibility index (Phi) is 49.5. The Labute approximate surface area is 299 Å². The molecule has 0 aliphatic rings. The zero-order valence-corrected chi connectivity index (χ0v) is 37.2. The van der Waals surface area contributed by atoms with E-state index in [4.69, 9.17) is 0 Å². The molecule has 0 rings (SSSR count). The largest absolute Gasteiger partial charge is 6.00 e. The minimum Gasteiger partial charge on any atom is -0.780 e. The molecular formula is C12H36MoO18P6S6. The van der Waals surface area contributed by atoms with Crippen molar-refractivity contribution in [1.29, 1.82) is 0 Å². The molecule has 0 aliphatic heterocycles. The van der Waals surface area contributed by atoms with Gasteiger partial charge in [-0.2, -0.15) is 0 Å². The van der Waals surface area contributed by atoms with Gasteiger partial charge in [-0.3, -0.25) is 0 Å². The monoisotopic (exact) mass is 944 g/mol. The molecule has 0 heterocycles. The van der Waals surface area contributed by atoms with Crippen molar-refractivity contribution in [2.24, 2.45) is 0 Å². The van der Waals surface area contributed by atoms with Crippen molar-refractivity contribution >= 4 is 111 Å². The Hall–Kier alpha value is 3.87. The smallest absolute Gasteiger partial charge is 0.780 e. The zero-order chi connectivity index (χ0) is 35.5. The van der Waals surface area contributed by atoms with Gasteiger partial charge in [0.15, 0.2) is 0 Å². The van der Waals surface area contributed by atoms with Crippen LogP contribution in [0.15, 0.2) is 0 Å². The summed E-state index contributed by atoms with van der Waals surface area (Å²) in [5, 5.41) is 0. The average molecular weight is 943 g/mol. The van der Waals surface area contributed by atoms with Crippen LogP contribution in [0.4, 0.5) is 0 Å². The van der Waals surface area contributed by atoms with E-state index in [2.05, 4.69) is 125 Å². The number of hydrogen-bond acceptors (Lipinski definition) is 24. The van der Waals surface area contributed by atoms with Crippen LogP contribution in [-0.4, -0.2) is 85.3 Å². The van der Waals surface area contributed by atoms with Gasteiger partial charge in [0.2, 0.25) is 0 Å². The molecule has 0 aromatic rings. The molecule has 0 N–H and O–H groups in total. The number of hydrogen-bond donors (Lipinski definition) is 0. The van der Waals surface area contributed by atoms with Crippen LogP contribution in [0.5, 0.6) is 0 Å². The van der Waals surface area contributed by atoms with Gasteiger partial charge in [0.1, 0.15) is 40.3 Å². The van der Waals surface area contributed by atoms with Crippen LogP contribution in [-0.2, 0) is 146 Å². The molecule has 0 aromatic carbocycles. The van der Waals surface area contributed by atoms with Gasteiger partial charge in [-0.1, -0.05) is 70.8 Å². The van der Waals surface area contributed by atoms with Gasteiger partial charge in [-0.15, -0.1) is 0 Å². The summed E-state index contributed by atoms with van der Waals surface area (Å²) in [7, 11) is 15.0. The molecule has 0 spiro atoms. The maximum absolute atomic E-state index is 10.3. The SMILES string of the molecule is COP([O-])(=S)OC.COP([O-])(=S)OC.COP([O-])(=S)OC.COP([O-])(=S)OC.COP([O-])(=S)OC.COP([O-])(=S)OC.[Mo+6]. The predicted octanol–water partition coefficient (Wildman–Crippen LogP) is -0.818. The van der Waals surface area contributed by atoms with E-state index in [1.54, 1.807) is 0 Å². The first-order valence-electron chi connectivity index (χ1n) is 9.28. The van der Waals surface area contributed by atoms with E-state index in [0.29, 0.717) is 0 Å². The fourth-order valence-corrected chi connectivity index (χ4v) is 1.34. The average Bonchev–Trinajstić information content (AvgIpc) is 2.98. The van der Waals surface area contributed by atoms with Crippen molar-refractivity contribution in [2.45, 2.75) is 0 Å². The first kappa shape index (κ1) is 62.0. The van der Waals surface area contributed by atoms with E-state index >= 15 is 0 Å². The van der Waals surface area contributed by atoms with E-state index in [9.17, 15) is 29.4 Å². The summed E-state index contributed by atoms with van der Waals surface area (Å²) in [6.45, 7) is -18.4. The van der Waals surface area contributed by atoms with Gasteiger partial charge >= 0.3 is 21.1 Å². The molecule has 0 aliphatic carbocycles. The Morgan fingerprint density at radius 2 is 0.302 bits per heavy atom. The second-order valence-corrected chi connectivity index (χ2v) is 22.7. The van der Waals surface area contributed by atoms with Crippen LogP contribution >= 0.6 is 40.3 Å². The summed E-state index contributed by atoms with van der Waals surface area (Å²) < 4.78 is 50.8. The molecule has 43 heavy (non-hydrogen) atoms. The van der Waals surface area contributed by atoms with Crippen LogP contribution < -0.4 is 29.4 Å². The van der Waals surface area contributed by atoms with Crippen molar-refractivity contribution in [2.75, 3.05) is 85.3 Å². The third kappa shape index (κ3) is 55.5. The molecule has 264 valence electrons. The van der Waals surface area contributed by atoms with E-state index in [1.807, 2.05) is 0 Å². The summed E-state index contributed by atoms with van der Waals surface area (Å²) >= 11 is 25.5. The molecule has 0 atom stereocenters. The fourth-order valence-electron chi connectivity index (χ4n) is 0.447. The first-order valence-corrected chi connectivity index (χ1v) is 24.6. The summed E-state index contributed by atoms with van der Waals surface area (Å²) in [6.07, 6.45) is 0. The van der Waals surface area contributed by atoms with Gasteiger partial charge in [-0.05, 0) is 0 Å². The predicted molar refractivity (Wildman–Crippen MR) is 170 cm³/mol. The summed E-state index contributed by atoms with van der Waals surface area (Å²) in [5.74, 6) is 0. The summed E-state index contributed by atoms with van der Waals surface area (Å²) in [5.41, 5.74) is 0. The molecule has 0 bridgehead atoms. The Morgan fingerprint density at radius 1 is 0.256 bits per heavy atom. The summed E-state index contributed by atoms with van der Waals surface area (Å²) in [4.78, 5) is 61.9. The minimum atomic E-state index is -3.07. The van der Waals surface area contributed by atoms with E-state index < -0.39 is 40.3 Å². The molecule has 0 saturated heterocycles. The third-order valence-corrected chi connectivity index (χ3v) is 13.4. The van der Waals surface area contributed by atoms with Crippen molar-refractivity contribution < 1.29 is 105 Å². The van der Waals surface area contributed by atoms with Crippen LogP contribution in [0.3, 0.4) is 0 Å². The molecule has 0 unspecified atom stereocenters. The molecule has 0 saturated carbocycles. The quantitative estimate of drug-likeness (QED) is 0.171. The van der Waals surface area contributed by atoms with Gasteiger partial charge in [0.25, 0.3) is 0 Å². The van der Waals surface area contributed by atoms with Crippen LogP contribution in [0, 0.1) is 0 Å². The van der Waals surface area contributed by atoms with Crippen molar-refractivity contribution in [1.82, 2.24) is 0 Å². The minimum absolute atomic E-state index is 0. The molecule has 31 heteroatoms. The molecule has 0 aromatic heterocycles. The van der Waals surface area contributed by atoms with Crippen molar-refractivity contribution in [3.05, 3.63) is 0 Å². The normalized spacial score (nSPS) is 11.6. The maximum Gasteiger partial charge on any atom is 6.00 e. The molecule has 0 fully saturated rings. The Morgan fingerprint density at radius 3 is 0.302 bits per heavy atom. The van der Waals surface area contributed by atoms with Gasteiger partial charge < -0.3 is 83.6 Å². The standard InChI is InChI=1S/6C2H7O3PS.Mo/c6*1-4-6(3,7)5-2;/h6*1-2H3,(H,3,7);/q;;;;;;+6/p-6. The third-order valence-electron chi connectivity index (χ3n) is 2.68. The second kappa shape index (κ2) is 34.3. The van der Waals surface area contributed by atoms with Crippen molar-refractivity contribution in [3.8, 4) is 0 Å². The molecule has 0 radical (unpaired) electrons. The molecular weight excluding hydrogens is 906 g/mol. The summed E-state index contributed by atoms with van der Waals surface area (Å²) in [6, 6.07) is 0. The van der Waals surface area contributed by atoms with Crippen LogP contribution in [0.1, 0.15) is 0 Å². The van der Waals surface area contributed by atoms with E-state index in [-0.39, 0.29) is 21.1 Å². The molecule has 0 amide bonds. The van der Waals surface area contributed by atoms with E-state index in [0.717, 1.165) is 0 Å². The van der Waals surface area contributed by atoms with Crippen molar-refractivity contribution in [3.63, 3.8) is 0 Å². The van der Waals surface area contributed by atoms with Gasteiger partial charge in [-0.25, -0.2) is 0 Å². The second-order valence-electron chi connectivity index (χ2n) is 4.87. The molecule has 18 nitrogen and oxygen atoms in total. The zero-order valence-electron chi connectivity index (χ0n) is 24.9. The maximum atomic E-state index is 10.3. The topological polar surface area (TPSA) is 249 Å². The number of rotatable bonds is 12. The van der Waals surface area contributed by atoms with E-state index in [1.165, 1.54) is 85.3 Å². The van der Waals surface area contributed by atoms with Crippen LogP contribution in [0.2, 0.25) is 0 Å². The Balaban J connectivity index is -0.0000000720. The van der Waals surface area contributed by atoms with Crippen LogP contribution in [0.25, 0.3) is 0 Å². The Bertz CT molecular complexity index is 703.